The Bertz CT molecular complexity index is 472. The average molecular weight is 290 g/mol. The molecule has 1 aromatic carbocycles. The van der Waals surface area contributed by atoms with E-state index in [2.05, 4.69) is 22.8 Å². The van der Waals surface area contributed by atoms with E-state index in [0.717, 1.165) is 0 Å². The van der Waals surface area contributed by atoms with Gasteiger partial charge in [-0.15, -0.1) is 0 Å². The lowest BCUT2D eigenvalue weighted by atomic mass is 9.94. The molecule has 1 atom stereocenters. The van der Waals surface area contributed by atoms with Crippen LogP contribution in [-0.4, -0.2) is 30.2 Å². The minimum absolute atomic E-state index is 0.0784. The molecule has 114 valence electrons. The van der Waals surface area contributed by atoms with Crippen molar-refractivity contribution in [3.63, 3.8) is 0 Å². The van der Waals surface area contributed by atoms with Gasteiger partial charge in [0.1, 0.15) is 0 Å². The molecular weight excluding hydrogens is 268 g/mol. The molecular formula is C16H22N2O3. The normalized spacial score (nSPS) is 15.2. The van der Waals surface area contributed by atoms with Crippen LogP contribution in [0.3, 0.4) is 0 Å². The first-order valence-corrected chi connectivity index (χ1v) is 7.45. The number of nitrogens with one attached hydrogen (secondary N) is 2. The van der Waals surface area contributed by atoms with E-state index in [-0.39, 0.29) is 12.5 Å². The van der Waals surface area contributed by atoms with Crippen molar-refractivity contribution in [1.29, 1.82) is 0 Å². The van der Waals surface area contributed by atoms with Crippen molar-refractivity contribution in [1.82, 2.24) is 10.6 Å². The van der Waals surface area contributed by atoms with E-state index in [0.29, 0.717) is 31.3 Å². The number of carbonyl (C=O) groups excluding carboxylic acids is 1. The van der Waals surface area contributed by atoms with Gasteiger partial charge < -0.3 is 15.7 Å². The number of urea groups is 1. The van der Waals surface area contributed by atoms with Gasteiger partial charge in [0.05, 0.1) is 0 Å². The highest BCUT2D eigenvalue weighted by molar-refractivity contribution is 5.74. The molecule has 1 aromatic rings. The summed E-state index contributed by atoms with van der Waals surface area (Å²) < 4.78 is 0. The van der Waals surface area contributed by atoms with Gasteiger partial charge in [0.25, 0.3) is 0 Å². The molecule has 1 aliphatic rings. The molecule has 2 rings (SSSR count). The van der Waals surface area contributed by atoms with Crippen LogP contribution >= 0.6 is 0 Å². The Morgan fingerprint density at radius 3 is 2.52 bits per heavy atom. The van der Waals surface area contributed by atoms with Gasteiger partial charge in [0, 0.05) is 25.4 Å². The molecule has 0 aliphatic heterocycles. The quantitative estimate of drug-likeness (QED) is 0.643. The Kier molecular flexibility index (Phi) is 5.60. The number of carboxylic acids is 1. The Morgan fingerprint density at radius 2 is 1.90 bits per heavy atom. The van der Waals surface area contributed by atoms with Crippen LogP contribution in [0.2, 0.25) is 0 Å². The Morgan fingerprint density at radius 1 is 1.19 bits per heavy atom. The third kappa shape index (κ3) is 5.45. The van der Waals surface area contributed by atoms with Crippen LogP contribution in [0.1, 0.15) is 37.2 Å². The second-order valence-corrected chi connectivity index (χ2v) is 5.49. The lowest BCUT2D eigenvalue weighted by molar-refractivity contribution is -0.137. The lowest BCUT2D eigenvalue weighted by Crippen LogP contribution is -2.38. The highest BCUT2D eigenvalue weighted by atomic mass is 16.4. The van der Waals surface area contributed by atoms with Crippen molar-refractivity contribution in [2.75, 3.05) is 13.1 Å². The van der Waals surface area contributed by atoms with Gasteiger partial charge in [-0.05, 0) is 30.7 Å². The zero-order valence-electron chi connectivity index (χ0n) is 12.0. The second kappa shape index (κ2) is 7.67. The first kappa shape index (κ1) is 15.4. The zero-order chi connectivity index (χ0) is 15.1. The number of carbonyl (C=O) groups is 2. The second-order valence-electron chi connectivity index (χ2n) is 5.49. The topological polar surface area (TPSA) is 78.4 Å². The molecule has 0 spiro atoms. The fourth-order valence-electron chi connectivity index (χ4n) is 2.46. The standard InChI is InChI=1S/C16H22N2O3/c19-15(20)7-4-10-17-16(21)18-11-14(13-8-9-13)12-5-2-1-3-6-12/h1-3,5-6,13-14H,4,7-11H2,(H,19,20)(H2,17,18,21). The van der Waals surface area contributed by atoms with Crippen LogP contribution in [0, 0.1) is 5.92 Å². The molecule has 5 heteroatoms. The number of amides is 2. The molecule has 1 unspecified atom stereocenters. The summed E-state index contributed by atoms with van der Waals surface area (Å²) in [6.07, 6.45) is 2.98. The first-order chi connectivity index (χ1) is 10.2. The molecule has 3 N–H and O–H groups in total. The summed E-state index contributed by atoms with van der Waals surface area (Å²) in [6, 6.07) is 10.0. The Balaban J connectivity index is 1.72. The minimum Gasteiger partial charge on any atom is -0.481 e. The van der Waals surface area contributed by atoms with Crippen LogP contribution in [0.15, 0.2) is 30.3 Å². The van der Waals surface area contributed by atoms with Crippen LogP contribution < -0.4 is 10.6 Å². The van der Waals surface area contributed by atoms with E-state index >= 15 is 0 Å². The summed E-state index contributed by atoms with van der Waals surface area (Å²) in [5.41, 5.74) is 1.27. The average Bonchev–Trinajstić information content (AvgIpc) is 3.29. The van der Waals surface area contributed by atoms with Crippen LogP contribution in [0.5, 0.6) is 0 Å². The predicted molar refractivity (Wildman–Crippen MR) is 80.2 cm³/mol. The third-order valence-electron chi connectivity index (χ3n) is 3.75. The zero-order valence-corrected chi connectivity index (χ0v) is 12.0. The smallest absolute Gasteiger partial charge is 0.314 e. The highest BCUT2D eigenvalue weighted by Crippen LogP contribution is 2.42. The number of benzene rings is 1. The van der Waals surface area contributed by atoms with Crippen molar-refractivity contribution >= 4 is 12.0 Å². The van der Waals surface area contributed by atoms with Gasteiger partial charge in [0.2, 0.25) is 0 Å². The molecule has 0 aromatic heterocycles. The van der Waals surface area contributed by atoms with E-state index in [9.17, 15) is 9.59 Å². The fraction of sp³-hybridized carbons (Fsp3) is 0.500. The van der Waals surface area contributed by atoms with Gasteiger partial charge in [-0.1, -0.05) is 30.3 Å². The number of hydrogen-bond donors (Lipinski definition) is 3. The predicted octanol–water partition coefficient (Wildman–Crippen LogP) is 2.34. The summed E-state index contributed by atoms with van der Waals surface area (Å²) in [5.74, 6) is 0.200. The van der Waals surface area contributed by atoms with Gasteiger partial charge >= 0.3 is 12.0 Å². The lowest BCUT2D eigenvalue weighted by Gasteiger charge is -2.17. The van der Waals surface area contributed by atoms with Gasteiger partial charge in [0.15, 0.2) is 0 Å². The maximum absolute atomic E-state index is 11.7. The van der Waals surface area contributed by atoms with E-state index in [4.69, 9.17) is 5.11 Å². The summed E-state index contributed by atoms with van der Waals surface area (Å²) in [4.78, 5) is 22.1. The highest BCUT2D eigenvalue weighted by Gasteiger charge is 2.32. The van der Waals surface area contributed by atoms with Gasteiger partial charge in [-0.25, -0.2) is 4.79 Å². The summed E-state index contributed by atoms with van der Waals surface area (Å²) >= 11 is 0. The van der Waals surface area contributed by atoms with E-state index in [1.807, 2.05) is 18.2 Å². The van der Waals surface area contributed by atoms with E-state index in [1.54, 1.807) is 0 Å². The summed E-state index contributed by atoms with van der Waals surface area (Å²) in [5, 5.41) is 14.1. The number of rotatable bonds is 8. The van der Waals surface area contributed by atoms with Crippen molar-refractivity contribution in [3.05, 3.63) is 35.9 Å². The van der Waals surface area contributed by atoms with Gasteiger partial charge in [-0.3, -0.25) is 4.79 Å². The molecule has 0 radical (unpaired) electrons. The molecule has 2 amide bonds. The molecule has 1 fully saturated rings. The van der Waals surface area contributed by atoms with Crippen LogP contribution in [-0.2, 0) is 4.79 Å². The van der Waals surface area contributed by atoms with Crippen molar-refractivity contribution in [2.24, 2.45) is 5.92 Å². The number of hydrogen-bond acceptors (Lipinski definition) is 2. The van der Waals surface area contributed by atoms with Gasteiger partial charge in [-0.2, -0.15) is 0 Å². The largest absolute Gasteiger partial charge is 0.481 e. The third-order valence-corrected chi connectivity index (χ3v) is 3.75. The SMILES string of the molecule is O=C(O)CCCNC(=O)NCC(c1ccccc1)C1CC1. The molecule has 0 bridgehead atoms. The monoisotopic (exact) mass is 290 g/mol. The fourth-order valence-corrected chi connectivity index (χ4v) is 2.46. The molecule has 0 heterocycles. The molecule has 0 saturated heterocycles. The molecule has 5 nitrogen and oxygen atoms in total. The summed E-state index contributed by atoms with van der Waals surface area (Å²) in [6.45, 7) is 1.01. The Labute approximate surface area is 124 Å². The molecule has 1 saturated carbocycles. The van der Waals surface area contributed by atoms with Crippen LogP contribution in [0.4, 0.5) is 4.79 Å². The van der Waals surface area contributed by atoms with Crippen molar-refractivity contribution in [3.8, 4) is 0 Å². The van der Waals surface area contributed by atoms with Crippen molar-refractivity contribution < 1.29 is 14.7 Å². The summed E-state index contributed by atoms with van der Waals surface area (Å²) in [7, 11) is 0. The minimum atomic E-state index is -0.838. The first-order valence-electron chi connectivity index (χ1n) is 7.45. The maximum Gasteiger partial charge on any atom is 0.314 e. The Hall–Kier alpha value is -2.04. The van der Waals surface area contributed by atoms with E-state index < -0.39 is 5.97 Å². The number of carboxylic acid groups (broad SMARTS) is 1. The molecule has 21 heavy (non-hydrogen) atoms. The van der Waals surface area contributed by atoms with Crippen molar-refractivity contribution in [2.45, 2.75) is 31.6 Å². The number of aliphatic carboxylic acids is 1. The van der Waals surface area contributed by atoms with E-state index in [1.165, 1.54) is 18.4 Å². The van der Waals surface area contributed by atoms with Crippen LogP contribution in [0.25, 0.3) is 0 Å². The molecule has 1 aliphatic carbocycles. The maximum atomic E-state index is 11.7.